The summed E-state index contributed by atoms with van der Waals surface area (Å²) in [4.78, 5) is 17.1. The zero-order valence-electron chi connectivity index (χ0n) is 18.8. The lowest BCUT2D eigenvalue weighted by Crippen LogP contribution is -2.43. The molecule has 1 heterocycles. The standard InChI is InChI=1S/C25H35N3O2/c1-19-7-8-20(2)24(16-19)26-25(29)27(3)17-22-6-5-14-28(18-22)15-13-21-9-11-23(30-4)12-10-21/h7-12,16,22H,5-6,13-15,17-18H2,1-4H3,(H,26,29)/t22-/m1/s1. The van der Waals surface area contributed by atoms with Crippen LogP contribution >= 0.6 is 0 Å². The van der Waals surface area contributed by atoms with Crippen LogP contribution in [0.3, 0.4) is 0 Å². The Kier molecular flexibility index (Phi) is 7.75. The Hall–Kier alpha value is -2.53. The van der Waals surface area contributed by atoms with Gasteiger partial charge in [-0.2, -0.15) is 0 Å². The van der Waals surface area contributed by atoms with E-state index in [0.717, 1.165) is 55.2 Å². The molecule has 30 heavy (non-hydrogen) atoms. The molecule has 0 bridgehead atoms. The highest BCUT2D eigenvalue weighted by molar-refractivity contribution is 5.90. The van der Waals surface area contributed by atoms with Crippen molar-refractivity contribution < 1.29 is 9.53 Å². The molecular formula is C25H35N3O2. The summed E-state index contributed by atoms with van der Waals surface area (Å²) in [7, 11) is 3.60. The van der Waals surface area contributed by atoms with Crippen LogP contribution < -0.4 is 10.1 Å². The number of aryl methyl sites for hydroxylation is 2. The number of amides is 2. The number of piperidine rings is 1. The van der Waals surface area contributed by atoms with Gasteiger partial charge in [0.25, 0.3) is 0 Å². The fourth-order valence-electron chi connectivity index (χ4n) is 4.13. The molecule has 5 heteroatoms. The van der Waals surface area contributed by atoms with Crippen molar-refractivity contribution in [2.45, 2.75) is 33.1 Å². The van der Waals surface area contributed by atoms with E-state index in [-0.39, 0.29) is 6.03 Å². The van der Waals surface area contributed by atoms with Crippen LogP contribution in [0.5, 0.6) is 5.75 Å². The summed E-state index contributed by atoms with van der Waals surface area (Å²) < 4.78 is 5.24. The number of rotatable bonds is 7. The first kappa shape index (κ1) is 22.2. The maximum Gasteiger partial charge on any atom is 0.321 e. The van der Waals surface area contributed by atoms with Gasteiger partial charge in [-0.05, 0) is 80.5 Å². The fraction of sp³-hybridized carbons (Fsp3) is 0.480. The molecule has 0 aromatic heterocycles. The van der Waals surface area contributed by atoms with E-state index in [1.807, 2.05) is 50.1 Å². The molecule has 2 amide bonds. The van der Waals surface area contributed by atoms with E-state index in [0.29, 0.717) is 5.92 Å². The van der Waals surface area contributed by atoms with Gasteiger partial charge in [0.05, 0.1) is 7.11 Å². The number of ether oxygens (including phenoxy) is 1. The molecule has 0 spiro atoms. The molecular weight excluding hydrogens is 374 g/mol. The molecule has 1 saturated heterocycles. The number of methoxy groups -OCH3 is 1. The smallest absolute Gasteiger partial charge is 0.321 e. The molecule has 1 aliphatic rings. The number of anilines is 1. The van der Waals surface area contributed by atoms with Gasteiger partial charge in [0.2, 0.25) is 0 Å². The van der Waals surface area contributed by atoms with Gasteiger partial charge in [-0.15, -0.1) is 0 Å². The average Bonchev–Trinajstić information content (AvgIpc) is 2.75. The first-order chi connectivity index (χ1) is 14.4. The minimum absolute atomic E-state index is 0.0287. The Labute approximate surface area is 181 Å². The molecule has 0 aliphatic carbocycles. The number of nitrogens with one attached hydrogen (secondary N) is 1. The van der Waals surface area contributed by atoms with E-state index in [1.54, 1.807) is 7.11 Å². The van der Waals surface area contributed by atoms with Crippen molar-refractivity contribution in [2.24, 2.45) is 5.92 Å². The number of benzene rings is 2. The molecule has 1 fully saturated rings. The predicted molar refractivity (Wildman–Crippen MR) is 123 cm³/mol. The normalized spacial score (nSPS) is 16.9. The summed E-state index contributed by atoms with van der Waals surface area (Å²) in [6.07, 6.45) is 3.42. The maximum absolute atomic E-state index is 12.7. The molecule has 1 aliphatic heterocycles. The van der Waals surface area contributed by atoms with Gasteiger partial charge in [-0.1, -0.05) is 24.3 Å². The molecule has 0 unspecified atom stereocenters. The summed E-state index contributed by atoms with van der Waals surface area (Å²) in [6, 6.07) is 14.5. The number of hydrogen-bond acceptors (Lipinski definition) is 3. The highest BCUT2D eigenvalue weighted by atomic mass is 16.5. The number of carbonyl (C=O) groups is 1. The number of carbonyl (C=O) groups excluding carboxylic acids is 1. The van der Waals surface area contributed by atoms with Crippen LogP contribution in [0.4, 0.5) is 10.5 Å². The van der Waals surface area contributed by atoms with Gasteiger partial charge < -0.3 is 19.9 Å². The summed E-state index contributed by atoms with van der Waals surface area (Å²) in [5.41, 5.74) is 4.47. The van der Waals surface area contributed by atoms with Crippen LogP contribution in [0.25, 0.3) is 0 Å². The van der Waals surface area contributed by atoms with E-state index < -0.39 is 0 Å². The van der Waals surface area contributed by atoms with Crippen LogP contribution in [0.2, 0.25) is 0 Å². The largest absolute Gasteiger partial charge is 0.497 e. The third-order valence-electron chi connectivity index (χ3n) is 5.99. The second-order valence-corrected chi connectivity index (χ2v) is 8.54. The van der Waals surface area contributed by atoms with Crippen molar-refractivity contribution in [3.05, 3.63) is 59.2 Å². The van der Waals surface area contributed by atoms with Gasteiger partial charge in [-0.25, -0.2) is 4.79 Å². The quantitative estimate of drug-likeness (QED) is 0.719. The van der Waals surface area contributed by atoms with Gasteiger partial charge >= 0.3 is 6.03 Å². The monoisotopic (exact) mass is 409 g/mol. The Morgan fingerprint density at radius 3 is 2.70 bits per heavy atom. The van der Waals surface area contributed by atoms with E-state index in [9.17, 15) is 4.79 Å². The predicted octanol–water partition coefficient (Wildman–Crippen LogP) is 4.73. The van der Waals surface area contributed by atoms with Crippen molar-refractivity contribution >= 4 is 11.7 Å². The van der Waals surface area contributed by atoms with Crippen LogP contribution in [-0.4, -0.2) is 56.2 Å². The SMILES string of the molecule is COc1ccc(CCN2CCC[C@H](CN(C)C(=O)Nc3cc(C)ccc3C)C2)cc1. The lowest BCUT2D eigenvalue weighted by molar-refractivity contribution is 0.150. The molecule has 1 atom stereocenters. The summed E-state index contributed by atoms with van der Waals surface area (Å²) in [5, 5.41) is 3.07. The molecule has 162 valence electrons. The Bertz CT molecular complexity index is 835. The van der Waals surface area contributed by atoms with E-state index >= 15 is 0 Å². The molecule has 2 aromatic rings. The Balaban J connectivity index is 1.47. The molecule has 1 N–H and O–H groups in total. The maximum atomic E-state index is 12.7. The number of urea groups is 1. The molecule has 0 saturated carbocycles. The molecule has 3 rings (SSSR count). The van der Waals surface area contributed by atoms with Gasteiger partial charge in [-0.3, -0.25) is 0 Å². The Morgan fingerprint density at radius 1 is 1.20 bits per heavy atom. The number of hydrogen-bond donors (Lipinski definition) is 1. The zero-order chi connectivity index (χ0) is 21.5. The highest BCUT2D eigenvalue weighted by Gasteiger charge is 2.22. The number of nitrogens with zero attached hydrogens (tertiary/aromatic N) is 2. The topological polar surface area (TPSA) is 44.8 Å². The Morgan fingerprint density at radius 2 is 1.97 bits per heavy atom. The number of likely N-dealkylation sites (tertiary alicyclic amines) is 1. The minimum Gasteiger partial charge on any atom is -0.497 e. The molecule has 2 aromatic carbocycles. The highest BCUT2D eigenvalue weighted by Crippen LogP contribution is 2.20. The third-order valence-corrected chi connectivity index (χ3v) is 5.99. The van der Waals surface area contributed by atoms with Crippen molar-refractivity contribution in [3.8, 4) is 5.75 Å². The van der Waals surface area contributed by atoms with Gasteiger partial charge in [0, 0.05) is 32.4 Å². The summed E-state index contributed by atoms with van der Waals surface area (Å²) >= 11 is 0. The average molecular weight is 410 g/mol. The molecule has 0 radical (unpaired) electrons. The first-order valence-electron chi connectivity index (χ1n) is 10.9. The third kappa shape index (κ3) is 6.23. The zero-order valence-corrected chi connectivity index (χ0v) is 18.8. The first-order valence-corrected chi connectivity index (χ1v) is 10.9. The van der Waals surface area contributed by atoms with Crippen molar-refractivity contribution in [1.82, 2.24) is 9.80 Å². The second-order valence-electron chi connectivity index (χ2n) is 8.54. The second kappa shape index (κ2) is 10.5. The van der Waals surface area contributed by atoms with Gasteiger partial charge in [0.15, 0.2) is 0 Å². The fourth-order valence-corrected chi connectivity index (χ4v) is 4.13. The van der Waals surface area contributed by atoms with Crippen molar-refractivity contribution in [1.29, 1.82) is 0 Å². The lowest BCUT2D eigenvalue weighted by Gasteiger charge is -2.34. The van der Waals surface area contributed by atoms with E-state index in [4.69, 9.17) is 4.74 Å². The van der Waals surface area contributed by atoms with Crippen LogP contribution in [0.1, 0.15) is 29.5 Å². The summed E-state index contributed by atoms with van der Waals surface area (Å²) in [6.45, 7) is 8.11. The minimum atomic E-state index is -0.0287. The van der Waals surface area contributed by atoms with Crippen LogP contribution in [0, 0.1) is 19.8 Å². The van der Waals surface area contributed by atoms with Crippen LogP contribution in [0.15, 0.2) is 42.5 Å². The molecule has 5 nitrogen and oxygen atoms in total. The van der Waals surface area contributed by atoms with Crippen molar-refractivity contribution in [2.75, 3.05) is 45.7 Å². The van der Waals surface area contributed by atoms with Gasteiger partial charge in [0.1, 0.15) is 5.75 Å². The van der Waals surface area contributed by atoms with Crippen LogP contribution in [-0.2, 0) is 6.42 Å². The van der Waals surface area contributed by atoms with E-state index in [1.165, 1.54) is 18.4 Å². The van der Waals surface area contributed by atoms with E-state index in [2.05, 4.69) is 28.4 Å². The lowest BCUT2D eigenvalue weighted by atomic mass is 9.97. The summed E-state index contributed by atoms with van der Waals surface area (Å²) in [5.74, 6) is 1.42. The van der Waals surface area contributed by atoms with Crippen molar-refractivity contribution in [3.63, 3.8) is 0 Å².